The van der Waals surface area contributed by atoms with E-state index in [-0.39, 0.29) is 12.1 Å². The molecule has 0 fully saturated rings. The topological polar surface area (TPSA) is 39.2 Å². The Bertz CT molecular complexity index is 646. The zero-order valence-electron chi connectivity index (χ0n) is 10.1. The van der Waals surface area contributed by atoms with E-state index in [1.165, 1.54) is 0 Å². The average molecular weight is 239 g/mol. The molecule has 2 aromatic rings. The monoisotopic (exact) mass is 239 g/mol. The zero-order valence-corrected chi connectivity index (χ0v) is 10.1. The van der Waals surface area contributed by atoms with Gasteiger partial charge in [0.05, 0.1) is 5.52 Å². The number of cyclic esters (lactones) is 1. The summed E-state index contributed by atoms with van der Waals surface area (Å²) < 4.78 is 5.22. The SMILES string of the molecule is CC1=CC(=O)O[C@@H]1Cc1ccc2ccccc2n1. The molecule has 0 N–H and O–H groups in total. The van der Waals surface area contributed by atoms with E-state index in [9.17, 15) is 4.79 Å². The van der Waals surface area contributed by atoms with Crippen LogP contribution in [0, 0.1) is 0 Å². The first-order valence-corrected chi connectivity index (χ1v) is 5.96. The second-order valence-electron chi connectivity index (χ2n) is 4.51. The molecule has 90 valence electrons. The number of carbonyl (C=O) groups excluding carboxylic acids is 1. The van der Waals surface area contributed by atoms with Crippen molar-refractivity contribution < 1.29 is 9.53 Å². The fourth-order valence-corrected chi connectivity index (χ4v) is 2.16. The number of pyridine rings is 1. The molecule has 1 aromatic carbocycles. The fourth-order valence-electron chi connectivity index (χ4n) is 2.16. The first-order chi connectivity index (χ1) is 8.72. The lowest BCUT2D eigenvalue weighted by molar-refractivity contribution is -0.138. The summed E-state index contributed by atoms with van der Waals surface area (Å²) in [4.78, 5) is 15.7. The first-order valence-electron chi connectivity index (χ1n) is 5.96. The fraction of sp³-hybridized carbons (Fsp3) is 0.200. The molecule has 1 aliphatic heterocycles. The molecule has 2 heterocycles. The average Bonchev–Trinajstić information content (AvgIpc) is 2.68. The Morgan fingerprint density at radius 2 is 2.06 bits per heavy atom. The maximum atomic E-state index is 11.1. The van der Waals surface area contributed by atoms with Crippen LogP contribution in [-0.2, 0) is 16.0 Å². The van der Waals surface area contributed by atoms with Crippen molar-refractivity contribution in [2.45, 2.75) is 19.4 Å². The summed E-state index contributed by atoms with van der Waals surface area (Å²) in [6.45, 7) is 1.91. The van der Waals surface area contributed by atoms with Crippen molar-refractivity contribution in [3.05, 3.63) is 53.7 Å². The van der Waals surface area contributed by atoms with Crippen molar-refractivity contribution in [2.75, 3.05) is 0 Å². The Labute approximate surface area is 105 Å². The smallest absolute Gasteiger partial charge is 0.331 e. The Kier molecular flexibility index (Phi) is 2.59. The van der Waals surface area contributed by atoms with Crippen molar-refractivity contribution in [1.29, 1.82) is 0 Å². The molecule has 0 amide bonds. The number of carbonyl (C=O) groups is 1. The molecule has 3 nitrogen and oxygen atoms in total. The highest BCUT2D eigenvalue weighted by atomic mass is 16.5. The molecule has 1 aliphatic rings. The minimum Gasteiger partial charge on any atom is -0.454 e. The van der Waals surface area contributed by atoms with Crippen LogP contribution in [0.5, 0.6) is 0 Å². The van der Waals surface area contributed by atoms with E-state index in [1.807, 2.05) is 43.3 Å². The number of esters is 1. The van der Waals surface area contributed by atoms with Crippen molar-refractivity contribution in [2.24, 2.45) is 0 Å². The Morgan fingerprint density at radius 3 is 2.83 bits per heavy atom. The van der Waals surface area contributed by atoms with Crippen LogP contribution in [0.2, 0.25) is 0 Å². The molecule has 0 bridgehead atoms. The Balaban J connectivity index is 1.87. The third-order valence-corrected chi connectivity index (χ3v) is 3.16. The molecular formula is C15H13NO2. The summed E-state index contributed by atoms with van der Waals surface area (Å²) >= 11 is 0. The maximum Gasteiger partial charge on any atom is 0.331 e. The van der Waals surface area contributed by atoms with Gasteiger partial charge in [-0.25, -0.2) is 4.79 Å². The van der Waals surface area contributed by atoms with Crippen LogP contribution < -0.4 is 0 Å². The quantitative estimate of drug-likeness (QED) is 0.756. The number of fused-ring (bicyclic) bond motifs is 1. The molecule has 3 heteroatoms. The third-order valence-electron chi connectivity index (χ3n) is 3.16. The largest absolute Gasteiger partial charge is 0.454 e. The van der Waals surface area contributed by atoms with E-state index in [2.05, 4.69) is 4.98 Å². The van der Waals surface area contributed by atoms with Gasteiger partial charge in [0.15, 0.2) is 0 Å². The van der Waals surface area contributed by atoms with Crippen molar-refractivity contribution in [1.82, 2.24) is 4.98 Å². The van der Waals surface area contributed by atoms with Gasteiger partial charge in [0.1, 0.15) is 6.10 Å². The number of hydrogen-bond donors (Lipinski definition) is 0. The molecule has 0 spiro atoms. The van der Waals surface area contributed by atoms with Crippen LogP contribution in [0.25, 0.3) is 10.9 Å². The van der Waals surface area contributed by atoms with Crippen LogP contribution in [0.15, 0.2) is 48.0 Å². The number of nitrogens with zero attached hydrogens (tertiary/aromatic N) is 1. The first kappa shape index (κ1) is 11.0. The van der Waals surface area contributed by atoms with E-state index in [0.717, 1.165) is 22.2 Å². The van der Waals surface area contributed by atoms with Gasteiger partial charge in [-0.3, -0.25) is 4.98 Å². The standard InChI is InChI=1S/C15H13NO2/c1-10-8-15(17)18-14(10)9-12-7-6-11-4-2-3-5-13(11)16-12/h2-8,14H,9H2,1H3/t14-/m1/s1. The van der Waals surface area contributed by atoms with Gasteiger partial charge in [-0.1, -0.05) is 24.3 Å². The second-order valence-corrected chi connectivity index (χ2v) is 4.51. The zero-order chi connectivity index (χ0) is 12.5. The van der Waals surface area contributed by atoms with Gasteiger partial charge in [0, 0.05) is 23.6 Å². The third kappa shape index (κ3) is 1.99. The molecule has 0 aliphatic carbocycles. The van der Waals surface area contributed by atoms with Crippen LogP contribution in [0.1, 0.15) is 12.6 Å². The summed E-state index contributed by atoms with van der Waals surface area (Å²) in [6, 6.07) is 12.0. The van der Waals surface area contributed by atoms with Crippen molar-refractivity contribution >= 4 is 16.9 Å². The van der Waals surface area contributed by atoms with E-state index >= 15 is 0 Å². The predicted octanol–water partition coefficient (Wildman–Crippen LogP) is 2.65. The van der Waals surface area contributed by atoms with Crippen LogP contribution >= 0.6 is 0 Å². The summed E-state index contributed by atoms with van der Waals surface area (Å²) in [5.41, 5.74) is 2.89. The molecular weight excluding hydrogens is 226 g/mol. The van der Waals surface area contributed by atoms with Gasteiger partial charge in [-0.2, -0.15) is 0 Å². The van der Waals surface area contributed by atoms with Crippen LogP contribution in [0.4, 0.5) is 0 Å². The molecule has 3 rings (SSSR count). The highest BCUT2D eigenvalue weighted by Crippen LogP contribution is 2.20. The molecule has 0 unspecified atom stereocenters. The molecule has 0 radical (unpaired) electrons. The lowest BCUT2D eigenvalue weighted by Gasteiger charge is -2.11. The van der Waals surface area contributed by atoms with E-state index in [1.54, 1.807) is 6.08 Å². The summed E-state index contributed by atoms with van der Waals surface area (Å²) in [6.07, 6.45) is 2.02. The van der Waals surface area contributed by atoms with Crippen LogP contribution in [-0.4, -0.2) is 17.1 Å². The minimum absolute atomic E-state index is 0.161. The molecule has 0 saturated carbocycles. The molecule has 1 atom stereocenters. The highest BCUT2D eigenvalue weighted by Gasteiger charge is 2.23. The number of rotatable bonds is 2. The van der Waals surface area contributed by atoms with Crippen molar-refractivity contribution in [3.8, 4) is 0 Å². The van der Waals surface area contributed by atoms with Crippen LogP contribution in [0.3, 0.4) is 0 Å². The minimum atomic E-state index is -0.252. The number of hydrogen-bond acceptors (Lipinski definition) is 3. The van der Waals surface area contributed by atoms with E-state index in [0.29, 0.717) is 6.42 Å². The molecule has 0 saturated heterocycles. The lowest BCUT2D eigenvalue weighted by atomic mass is 10.1. The Hall–Kier alpha value is -2.16. The van der Waals surface area contributed by atoms with Crippen molar-refractivity contribution in [3.63, 3.8) is 0 Å². The highest BCUT2D eigenvalue weighted by molar-refractivity contribution is 5.85. The van der Waals surface area contributed by atoms with Gasteiger partial charge in [-0.15, -0.1) is 0 Å². The predicted molar refractivity (Wildman–Crippen MR) is 69.1 cm³/mol. The van der Waals surface area contributed by atoms with E-state index in [4.69, 9.17) is 4.74 Å². The number of benzene rings is 1. The number of aromatic nitrogens is 1. The normalized spacial score (nSPS) is 18.8. The van der Waals surface area contributed by atoms with Gasteiger partial charge in [-0.05, 0) is 24.6 Å². The van der Waals surface area contributed by atoms with Gasteiger partial charge in [0.25, 0.3) is 0 Å². The number of ether oxygens (including phenoxy) is 1. The van der Waals surface area contributed by atoms with Gasteiger partial charge < -0.3 is 4.74 Å². The van der Waals surface area contributed by atoms with E-state index < -0.39 is 0 Å². The van der Waals surface area contributed by atoms with Gasteiger partial charge in [0.2, 0.25) is 0 Å². The number of para-hydroxylation sites is 1. The molecule has 18 heavy (non-hydrogen) atoms. The van der Waals surface area contributed by atoms with Gasteiger partial charge >= 0.3 is 5.97 Å². The summed E-state index contributed by atoms with van der Waals surface area (Å²) in [7, 11) is 0. The lowest BCUT2D eigenvalue weighted by Crippen LogP contribution is -2.14. The Morgan fingerprint density at radius 1 is 1.22 bits per heavy atom. The second kappa shape index (κ2) is 4.26. The maximum absolute atomic E-state index is 11.1. The molecule has 1 aromatic heterocycles. The summed E-state index contributed by atoms with van der Waals surface area (Å²) in [5.74, 6) is -0.252. The summed E-state index contributed by atoms with van der Waals surface area (Å²) in [5, 5.41) is 1.12.